The van der Waals surface area contributed by atoms with Crippen molar-refractivity contribution >= 4 is 29.3 Å². The van der Waals surface area contributed by atoms with Gasteiger partial charge in [0.1, 0.15) is 6.33 Å². The van der Waals surface area contributed by atoms with Gasteiger partial charge in [-0.25, -0.2) is 0 Å². The molecule has 7 heteroatoms. The van der Waals surface area contributed by atoms with Crippen LogP contribution in [0.25, 0.3) is 5.69 Å². The Hall–Kier alpha value is -2.31. The van der Waals surface area contributed by atoms with Crippen molar-refractivity contribution in [1.82, 2.24) is 20.1 Å². The van der Waals surface area contributed by atoms with Gasteiger partial charge in [0.05, 0.1) is 17.0 Å². The first kappa shape index (κ1) is 20.0. The van der Waals surface area contributed by atoms with Crippen LogP contribution in [0.1, 0.15) is 37.3 Å². The van der Waals surface area contributed by atoms with Crippen LogP contribution >= 0.6 is 23.4 Å². The summed E-state index contributed by atoms with van der Waals surface area (Å²) in [5.74, 6) is 0.297. The van der Waals surface area contributed by atoms with E-state index in [9.17, 15) is 4.79 Å². The van der Waals surface area contributed by atoms with Crippen molar-refractivity contribution in [2.75, 3.05) is 5.75 Å². The molecule has 0 unspecified atom stereocenters. The Bertz CT molecular complexity index is 998. The van der Waals surface area contributed by atoms with Gasteiger partial charge in [-0.05, 0) is 55.0 Å². The van der Waals surface area contributed by atoms with E-state index < -0.39 is 0 Å². The zero-order valence-corrected chi connectivity index (χ0v) is 17.8. The number of para-hydroxylation sites is 1. The highest BCUT2D eigenvalue weighted by Gasteiger charge is 2.39. The average molecular weight is 427 g/mol. The summed E-state index contributed by atoms with van der Waals surface area (Å²) in [7, 11) is 0. The normalized spacial score (nSPS) is 15.0. The number of halogens is 1. The number of hydrogen-bond acceptors (Lipinski definition) is 4. The molecule has 29 heavy (non-hydrogen) atoms. The Morgan fingerprint density at radius 2 is 1.97 bits per heavy atom. The third-order valence-corrected chi connectivity index (χ3v) is 6.66. The Morgan fingerprint density at radius 1 is 1.21 bits per heavy atom. The van der Waals surface area contributed by atoms with Gasteiger partial charge in [-0.3, -0.25) is 9.36 Å². The molecule has 3 aromatic rings. The molecule has 1 aliphatic rings. The summed E-state index contributed by atoms with van der Waals surface area (Å²) < 4.78 is 1.95. The van der Waals surface area contributed by atoms with Crippen LogP contribution in [0, 0.1) is 0 Å². The highest BCUT2D eigenvalue weighted by atomic mass is 35.5. The van der Waals surface area contributed by atoms with Crippen molar-refractivity contribution in [1.29, 1.82) is 0 Å². The number of carbonyl (C=O) groups excluding carboxylic acids is 1. The van der Waals surface area contributed by atoms with Crippen LogP contribution in [-0.2, 0) is 16.8 Å². The number of carbonyl (C=O) groups is 1. The van der Waals surface area contributed by atoms with Crippen LogP contribution in [-0.4, -0.2) is 26.4 Å². The number of thioether (sulfide) groups is 1. The summed E-state index contributed by atoms with van der Waals surface area (Å²) in [6.07, 6.45) is 5.63. The van der Waals surface area contributed by atoms with Gasteiger partial charge < -0.3 is 5.32 Å². The fraction of sp³-hybridized carbons (Fsp3) is 0.318. The number of hydrogen-bond donors (Lipinski definition) is 1. The maximum absolute atomic E-state index is 12.7. The molecule has 0 atom stereocenters. The van der Waals surface area contributed by atoms with E-state index in [-0.39, 0.29) is 11.4 Å². The number of amides is 1. The topological polar surface area (TPSA) is 59.8 Å². The van der Waals surface area contributed by atoms with Gasteiger partial charge in [0.25, 0.3) is 0 Å². The quantitative estimate of drug-likeness (QED) is 0.553. The van der Waals surface area contributed by atoms with E-state index in [0.29, 0.717) is 10.8 Å². The molecular weight excluding hydrogens is 404 g/mol. The summed E-state index contributed by atoms with van der Waals surface area (Å²) >= 11 is 7.42. The first-order valence-electron chi connectivity index (χ1n) is 9.79. The molecule has 1 N–H and O–H groups in total. The summed E-state index contributed by atoms with van der Waals surface area (Å²) in [4.78, 5) is 12.7. The maximum atomic E-state index is 12.7. The van der Waals surface area contributed by atoms with E-state index >= 15 is 0 Å². The molecule has 0 bridgehead atoms. The molecule has 1 saturated carbocycles. The van der Waals surface area contributed by atoms with Gasteiger partial charge in [-0.2, -0.15) is 0 Å². The monoisotopic (exact) mass is 426 g/mol. The molecule has 0 radical (unpaired) electrons. The zero-order chi connectivity index (χ0) is 20.3. The van der Waals surface area contributed by atoms with Crippen LogP contribution in [0.5, 0.6) is 0 Å². The SMILES string of the molecule is CCc1ccccc1-n1cnnc1SCC(=O)NC1(c2ccc(Cl)cc2)CCC1. The minimum absolute atomic E-state index is 0.00276. The van der Waals surface area contributed by atoms with Crippen molar-refractivity contribution in [3.8, 4) is 5.69 Å². The van der Waals surface area contributed by atoms with E-state index in [0.717, 1.165) is 42.1 Å². The smallest absolute Gasteiger partial charge is 0.231 e. The van der Waals surface area contributed by atoms with E-state index in [2.05, 4.69) is 34.6 Å². The number of rotatable bonds is 7. The van der Waals surface area contributed by atoms with Crippen LogP contribution in [0.2, 0.25) is 5.02 Å². The second kappa shape index (κ2) is 8.59. The Morgan fingerprint density at radius 3 is 2.66 bits per heavy atom. The van der Waals surface area contributed by atoms with Crippen molar-refractivity contribution in [3.63, 3.8) is 0 Å². The van der Waals surface area contributed by atoms with Crippen molar-refractivity contribution in [2.45, 2.75) is 43.3 Å². The van der Waals surface area contributed by atoms with Crippen LogP contribution in [0.4, 0.5) is 0 Å². The highest BCUT2D eigenvalue weighted by Crippen LogP contribution is 2.41. The second-order valence-corrected chi connectivity index (χ2v) is 8.62. The van der Waals surface area contributed by atoms with Gasteiger partial charge in [0.2, 0.25) is 5.91 Å². The molecule has 0 aliphatic heterocycles. The van der Waals surface area contributed by atoms with Crippen LogP contribution < -0.4 is 5.32 Å². The predicted molar refractivity (Wildman–Crippen MR) is 117 cm³/mol. The molecule has 1 aliphatic carbocycles. The number of aromatic nitrogens is 3. The number of nitrogens with one attached hydrogen (secondary N) is 1. The van der Waals surface area contributed by atoms with E-state index in [1.807, 2.05) is 41.0 Å². The van der Waals surface area contributed by atoms with E-state index in [4.69, 9.17) is 11.6 Å². The van der Waals surface area contributed by atoms with Crippen molar-refractivity contribution < 1.29 is 4.79 Å². The molecule has 4 rings (SSSR count). The van der Waals surface area contributed by atoms with Gasteiger partial charge >= 0.3 is 0 Å². The number of aryl methyl sites for hydroxylation is 1. The standard InChI is InChI=1S/C22H23ClN4OS/c1-2-16-6-3-4-7-19(16)27-15-24-26-21(27)29-14-20(28)25-22(12-5-13-22)17-8-10-18(23)11-9-17/h3-4,6-11,15H,2,5,12-14H2,1H3,(H,25,28). The van der Waals surface area contributed by atoms with Gasteiger partial charge in [-0.1, -0.05) is 60.6 Å². The highest BCUT2D eigenvalue weighted by molar-refractivity contribution is 7.99. The third-order valence-electron chi connectivity index (χ3n) is 5.46. The van der Waals surface area contributed by atoms with Gasteiger partial charge in [0, 0.05) is 5.02 Å². The first-order chi connectivity index (χ1) is 14.1. The van der Waals surface area contributed by atoms with Crippen LogP contribution in [0.3, 0.4) is 0 Å². The maximum Gasteiger partial charge on any atom is 0.231 e. The molecule has 1 amide bonds. The number of benzene rings is 2. The molecule has 150 valence electrons. The lowest BCUT2D eigenvalue weighted by Crippen LogP contribution is -2.51. The van der Waals surface area contributed by atoms with E-state index in [1.54, 1.807) is 6.33 Å². The van der Waals surface area contributed by atoms with E-state index in [1.165, 1.54) is 17.3 Å². The Labute approximate surface area is 179 Å². The molecule has 1 aromatic heterocycles. The molecular formula is C22H23ClN4OS. The molecule has 2 aromatic carbocycles. The fourth-order valence-electron chi connectivity index (χ4n) is 3.75. The summed E-state index contributed by atoms with van der Waals surface area (Å²) in [5.41, 5.74) is 3.12. The fourth-order valence-corrected chi connectivity index (χ4v) is 4.60. The summed E-state index contributed by atoms with van der Waals surface area (Å²) in [6, 6.07) is 16.0. The lowest BCUT2D eigenvalue weighted by molar-refractivity contribution is -0.121. The largest absolute Gasteiger partial charge is 0.346 e. The van der Waals surface area contributed by atoms with Crippen molar-refractivity contribution in [3.05, 3.63) is 71.0 Å². The van der Waals surface area contributed by atoms with Crippen LogP contribution in [0.15, 0.2) is 60.0 Å². The molecule has 1 heterocycles. The lowest BCUT2D eigenvalue weighted by atomic mass is 9.72. The van der Waals surface area contributed by atoms with Gasteiger partial charge in [-0.15, -0.1) is 10.2 Å². The minimum atomic E-state index is -0.273. The second-order valence-electron chi connectivity index (χ2n) is 7.25. The Balaban J connectivity index is 1.44. The molecule has 5 nitrogen and oxygen atoms in total. The first-order valence-corrected chi connectivity index (χ1v) is 11.2. The third kappa shape index (κ3) is 4.19. The van der Waals surface area contributed by atoms with Gasteiger partial charge in [0.15, 0.2) is 5.16 Å². The molecule has 0 saturated heterocycles. The minimum Gasteiger partial charge on any atom is -0.346 e. The number of nitrogens with zero attached hydrogens (tertiary/aromatic N) is 3. The zero-order valence-electron chi connectivity index (χ0n) is 16.3. The lowest BCUT2D eigenvalue weighted by Gasteiger charge is -2.43. The molecule has 0 spiro atoms. The molecule has 1 fully saturated rings. The summed E-state index contributed by atoms with van der Waals surface area (Å²) in [6.45, 7) is 2.12. The Kier molecular flexibility index (Phi) is 5.92. The summed E-state index contributed by atoms with van der Waals surface area (Å²) in [5, 5.41) is 12.9. The van der Waals surface area contributed by atoms with Crippen molar-refractivity contribution in [2.24, 2.45) is 0 Å². The predicted octanol–water partition coefficient (Wildman–Crippen LogP) is 4.77. The average Bonchev–Trinajstić information content (AvgIpc) is 3.18.